The highest BCUT2D eigenvalue weighted by atomic mass is 35.5. The smallest absolute Gasteiger partial charge is 0.490 e. The van der Waals surface area contributed by atoms with Crippen LogP contribution in [-0.4, -0.2) is 40.0 Å². The van der Waals surface area contributed by atoms with E-state index in [-0.39, 0.29) is 35.1 Å². The van der Waals surface area contributed by atoms with Gasteiger partial charge in [-0.3, -0.25) is 4.79 Å². The number of aromatic nitrogens is 2. The quantitative estimate of drug-likeness (QED) is 0.714. The van der Waals surface area contributed by atoms with Crippen molar-refractivity contribution in [3.05, 3.63) is 47.8 Å². The Morgan fingerprint density at radius 3 is 2.73 bits per heavy atom. The van der Waals surface area contributed by atoms with E-state index in [1.54, 1.807) is 12.1 Å². The lowest BCUT2D eigenvalue weighted by molar-refractivity contribution is -0.274. The lowest BCUT2D eigenvalue weighted by Crippen LogP contribution is -2.46. The summed E-state index contributed by atoms with van der Waals surface area (Å²) in [6.45, 7) is 0. The van der Waals surface area contributed by atoms with Gasteiger partial charge in [0.25, 0.3) is 5.91 Å². The predicted molar refractivity (Wildman–Crippen MR) is 99.0 cm³/mol. The molecule has 7 nitrogen and oxygen atoms in total. The van der Waals surface area contributed by atoms with Gasteiger partial charge in [-0.1, -0.05) is 0 Å². The van der Waals surface area contributed by atoms with Gasteiger partial charge in [0.05, 0.1) is 10.9 Å². The second-order valence-corrected chi connectivity index (χ2v) is 7.14. The molecule has 1 heterocycles. The predicted octanol–water partition coefficient (Wildman–Crippen LogP) is 3.58. The molecule has 1 N–H and O–H groups in total. The number of rotatable bonds is 5. The van der Waals surface area contributed by atoms with Gasteiger partial charge in [-0.2, -0.15) is 10.4 Å². The van der Waals surface area contributed by atoms with Gasteiger partial charge in [0.1, 0.15) is 17.9 Å². The summed E-state index contributed by atoms with van der Waals surface area (Å²) in [5.41, 5.74) is -0.0835. The lowest BCUT2D eigenvalue weighted by atomic mass is 9.92. The highest BCUT2D eigenvalue weighted by Crippen LogP contribution is 2.32. The van der Waals surface area contributed by atoms with Crippen molar-refractivity contribution in [2.24, 2.45) is 0 Å². The molecule has 11 heteroatoms. The van der Waals surface area contributed by atoms with Gasteiger partial charge >= 0.3 is 6.36 Å². The Labute approximate surface area is 174 Å². The monoisotopic (exact) mass is 440 g/mol. The van der Waals surface area contributed by atoms with E-state index in [0.717, 1.165) is 6.07 Å². The summed E-state index contributed by atoms with van der Waals surface area (Å²) < 4.78 is 47.2. The Morgan fingerprint density at radius 2 is 2.10 bits per heavy atom. The molecule has 158 valence electrons. The number of halogens is 4. The highest BCUT2D eigenvalue weighted by molar-refractivity contribution is 6.21. The molecule has 0 spiro atoms. The summed E-state index contributed by atoms with van der Waals surface area (Å²) >= 11 is 6.39. The van der Waals surface area contributed by atoms with E-state index in [2.05, 4.69) is 20.3 Å². The van der Waals surface area contributed by atoms with Gasteiger partial charge in [-0.25, -0.2) is 0 Å². The van der Waals surface area contributed by atoms with Gasteiger partial charge in [0, 0.05) is 24.7 Å². The number of nitrogens with zero attached hydrogens (tertiary/aromatic N) is 3. The summed E-state index contributed by atoms with van der Waals surface area (Å²) in [7, 11) is 0. The molecule has 0 saturated heterocycles. The fourth-order valence-corrected chi connectivity index (χ4v) is 3.47. The van der Waals surface area contributed by atoms with E-state index in [1.165, 1.54) is 24.4 Å². The minimum atomic E-state index is -4.93. The zero-order valence-electron chi connectivity index (χ0n) is 15.4. The summed E-state index contributed by atoms with van der Waals surface area (Å²) in [6, 6.07) is 8.07. The highest BCUT2D eigenvalue weighted by Gasteiger charge is 2.34. The van der Waals surface area contributed by atoms with Crippen LogP contribution in [0.15, 0.2) is 36.5 Å². The fraction of sp³-hybridized carbons (Fsp3) is 0.368. The Bertz CT molecular complexity index is 937. The van der Waals surface area contributed by atoms with Gasteiger partial charge in [0.15, 0.2) is 11.4 Å². The minimum absolute atomic E-state index is 0.129. The van der Waals surface area contributed by atoms with Crippen LogP contribution in [0.25, 0.3) is 0 Å². The van der Waals surface area contributed by atoms with E-state index < -0.39 is 17.5 Å². The van der Waals surface area contributed by atoms with Crippen LogP contribution < -0.4 is 14.8 Å². The molecular formula is C19H16ClF3N4O3. The Hall–Kier alpha value is -3.06. The van der Waals surface area contributed by atoms with Crippen LogP contribution in [-0.2, 0) is 0 Å². The van der Waals surface area contributed by atoms with Crippen LogP contribution in [0.5, 0.6) is 11.5 Å². The summed E-state index contributed by atoms with van der Waals surface area (Å²) in [5, 5.41) is 18.7. The number of carbonyl (C=O) groups excluding carboxylic acids is 1. The number of hydrogen-bond donors (Lipinski definition) is 1. The standard InChI is InChI=1S/C19H16ClF3N4O3/c20-14-8-12(5-6-15(14)26-18(28)16-2-1-7-25-27-16)29-13-4-3-11(10-24)17(9-13)30-19(21,22)23/h1-4,7,9,12,14-15H,5-6,8H2,(H,26,28)/t12-,14-,15-/m1/s1. The molecule has 30 heavy (non-hydrogen) atoms. The maximum absolute atomic E-state index is 12.5. The van der Waals surface area contributed by atoms with Crippen LogP contribution in [0.4, 0.5) is 13.2 Å². The molecule has 1 amide bonds. The molecule has 1 fully saturated rings. The first-order chi connectivity index (χ1) is 14.2. The third kappa shape index (κ3) is 5.73. The van der Waals surface area contributed by atoms with E-state index in [0.29, 0.717) is 19.3 Å². The maximum atomic E-state index is 12.5. The van der Waals surface area contributed by atoms with Gasteiger partial charge in [-0.05, 0) is 37.1 Å². The Morgan fingerprint density at radius 1 is 1.30 bits per heavy atom. The fourth-order valence-electron chi connectivity index (χ4n) is 3.08. The van der Waals surface area contributed by atoms with E-state index in [1.807, 2.05) is 0 Å². The van der Waals surface area contributed by atoms with Crippen LogP contribution in [0.2, 0.25) is 0 Å². The van der Waals surface area contributed by atoms with Crippen LogP contribution in [0.1, 0.15) is 35.3 Å². The van der Waals surface area contributed by atoms with E-state index in [4.69, 9.17) is 21.6 Å². The Balaban J connectivity index is 1.60. The number of hydrogen-bond acceptors (Lipinski definition) is 6. The summed E-state index contributed by atoms with van der Waals surface area (Å²) in [4.78, 5) is 12.2. The molecule has 1 aliphatic rings. The average Bonchev–Trinajstić information content (AvgIpc) is 2.70. The van der Waals surface area contributed by atoms with Crippen molar-refractivity contribution in [3.63, 3.8) is 0 Å². The van der Waals surface area contributed by atoms with Crippen LogP contribution in [0.3, 0.4) is 0 Å². The van der Waals surface area contributed by atoms with Crippen LogP contribution in [0, 0.1) is 11.3 Å². The van der Waals surface area contributed by atoms with Gasteiger partial charge in [0.2, 0.25) is 0 Å². The molecule has 1 saturated carbocycles. The molecule has 0 unspecified atom stereocenters. The zero-order chi connectivity index (χ0) is 21.7. The second kappa shape index (κ2) is 9.17. The summed E-state index contributed by atoms with van der Waals surface area (Å²) in [5.74, 6) is -0.891. The normalized spacial score (nSPS) is 21.4. The number of carbonyl (C=O) groups is 1. The molecule has 3 atom stereocenters. The largest absolute Gasteiger partial charge is 0.573 e. The lowest BCUT2D eigenvalue weighted by Gasteiger charge is -2.33. The van der Waals surface area contributed by atoms with E-state index >= 15 is 0 Å². The van der Waals surface area contributed by atoms with Gasteiger partial charge < -0.3 is 14.8 Å². The molecule has 0 aliphatic heterocycles. The third-order valence-electron chi connectivity index (χ3n) is 4.45. The molecule has 0 radical (unpaired) electrons. The number of ether oxygens (including phenoxy) is 2. The molecule has 1 aliphatic carbocycles. The third-order valence-corrected chi connectivity index (χ3v) is 4.93. The van der Waals surface area contributed by atoms with Gasteiger partial charge in [-0.15, -0.1) is 29.9 Å². The Kier molecular flexibility index (Phi) is 6.62. The molecular weight excluding hydrogens is 425 g/mol. The van der Waals surface area contributed by atoms with Crippen molar-refractivity contribution in [3.8, 4) is 17.6 Å². The molecule has 0 bridgehead atoms. The SMILES string of the molecule is N#Cc1ccc(O[C@@H]2CC[C@@H](NC(=O)c3cccnn3)[C@H](Cl)C2)cc1OC(F)(F)F. The van der Waals surface area contributed by atoms with Crippen molar-refractivity contribution in [1.29, 1.82) is 5.26 Å². The molecule has 2 aromatic rings. The average molecular weight is 441 g/mol. The molecule has 1 aromatic heterocycles. The summed E-state index contributed by atoms with van der Waals surface area (Å²) in [6.07, 6.45) is -2.45. The zero-order valence-corrected chi connectivity index (χ0v) is 16.2. The first-order valence-electron chi connectivity index (χ1n) is 8.94. The number of nitriles is 1. The first kappa shape index (κ1) is 21.6. The number of amides is 1. The second-order valence-electron chi connectivity index (χ2n) is 6.58. The molecule has 3 rings (SSSR count). The minimum Gasteiger partial charge on any atom is -0.490 e. The van der Waals surface area contributed by atoms with Crippen molar-refractivity contribution in [2.45, 2.75) is 43.1 Å². The number of nitrogens with one attached hydrogen (secondary N) is 1. The molecule has 1 aromatic carbocycles. The number of benzene rings is 1. The van der Waals surface area contributed by atoms with Crippen molar-refractivity contribution in [1.82, 2.24) is 15.5 Å². The van der Waals surface area contributed by atoms with Crippen LogP contribution >= 0.6 is 11.6 Å². The first-order valence-corrected chi connectivity index (χ1v) is 9.38. The van der Waals surface area contributed by atoms with E-state index in [9.17, 15) is 18.0 Å². The maximum Gasteiger partial charge on any atom is 0.573 e. The van der Waals surface area contributed by atoms with Crippen molar-refractivity contribution in [2.75, 3.05) is 0 Å². The topological polar surface area (TPSA) is 97.1 Å². The van der Waals surface area contributed by atoms with Crippen molar-refractivity contribution >= 4 is 17.5 Å². The number of alkyl halides is 4. The van der Waals surface area contributed by atoms with Crippen molar-refractivity contribution < 1.29 is 27.4 Å².